The minimum Gasteiger partial charge on any atom is -0.377 e. The lowest BCUT2D eigenvalue weighted by atomic mass is 10.2. The van der Waals surface area contributed by atoms with Crippen molar-refractivity contribution < 1.29 is 0 Å². The summed E-state index contributed by atoms with van der Waals surface area (Å²) in [5.41, 5.74) is 3.43. The molecule has 2 aromatic rings. The van der Waals surface area contributed by atoms with Gasteiger partial charge in [0.2, 0.25) is 0 Å². The van der Waals surface area contributed by atoms with Crippen molar-refractivity contribution >= 4 is 17.0 Å². The maximum Gasteiger partial charge on any atom is 0.0900 e. The fourth-order valence-corrected chi connectivity index (χ4v) is 2.81. The molecule has 0 aromatic carbocycles. The number of pyridine rings is 1. The molecule has 0 bridgehead atoms. The highest BCUT2D eigenvalue weighted by Crippen LogP contribution is 2.28. The molecular formula is C13H17N3S. The Balaban J connectivity index is 2.20. The number of thiazole rings is 1. The average molecular weight is 247 g/mol. The van der Waals surface area contributed by atoms with Gasteiger partial charge in [-0.15, -0.1) is 11.3 Å². The molecule has 1 unspecified atom stereocenters. The minimum absolute atomic E-state index is 0.280. The van der Waals surface area contributed by atoms with Gasteiger partial charge in [-0.3, -0.25) is 4.98 Å². The van der Waals surface area contributed by atoms with Gasteiger partial charge in [0, 0.05) is 23.0 Å². The first kappa shape index (κ1) is 12.0. The number of nitrogens with one attached hydrogen (secondary N) is 1. The summed E-state index contributed by atoms with van der Waals surface area (Å²) < 4.78 is 0. The Hall–Kier alpha value is -1.42. The second-order valence-electron chi connectivity index (χ2n) is 4.24. The summed E-state index contributed by atoms with van der Waals surface area (Å²) in [4.78, 5) is 9.86. The zero-order valence-corrected chi connectivity index (χ0v) is 11.4. The first-order valence-electron chi connectivity index (χ1n) is 5.69. The van der Waals surface area contributed by atoms with E-state index in [2.05, 4.69) is 36.1 Å². The monoisotopic (exact) mass is 247 g/mol. The molecule has 2 rings (SSSR count). The topological polar surface area (TPSA) is 37.8 Å². The van der Waals surface area contributed by atoms with Gasteiger partial charge >= 0.3 is 0 Å². The highest BCUT2D eigenvalue weighted by molar-refractivity contribution is 7.11. The molecule has 0 fully saturated rings. The van der Waals surface area contributed by atoms with Gasteiger partial charge < -0.3 is 5.32 Å². The van der Waals surface area contributed by atoms with Crippen LogP contribution in [0.1, 0.15) is 34.1 Å². The Morgan fingerprint density at radius 1 is 1.29 bits per heavy atom. The first-order chi connectivity index (χ1) is 8.08. The van der Waals surface area contributed by atoms with Gasteiger partial charge in [0.15, 0.2) is 0 Å². The third kappa shape index (κ3) is 2.64. The van der Waals surface area contributed by atoms with Crippen molar-refractivity contribution in [1.29, 1.82) is 0 Å². The van der Waals surface area contributed by atoms with E-state index in [0.717, 1.165) is 16.4 Å². The van der Waals surface area contributed by atoms with E-state index in [1.807, 2.05) is 25.4 Å². The Bertz CT molecular complexity index is 519. The minimum atomic E-state index is 0.280. The van der Waals surface area contributed by atoms with E-state index < -0.39 is 0 Å². The van der Waals surface area contributed by atoms with Crippen LogP contribution in [-0.2, 0) is 0 Å². The molecule has 1 atom stereocenters. The van der Waals surface area contributed by atoms with E-state index in [0.29, 0.717) is 0 Å². The summed E-state index contributed by atoms with van der Waals surface area (Å²) in [5, 5.41) is 4.63. The van der Waals surface area contributed by atoms with Gasteiger partial charge in [0.1, 0.15) is 0 Å². The van der Waals surface area contributed by atoms with Crippen molar-refractivity contribution in [2.24, 2.45) is 0 Å². The van der Waals surface area contributed by atoms with E-state index in [9.17, 15) is 0 Å². The van der Waals surface area contributed by atoms with Crippen LogP contribution in [0.15, 0.2) is 18.5 Å². The number of hydrogen-bond donors (Lipinski definition) is 1. The molecular weight excluding hydrogens is 230 g/mol. The van der Waals surface area contributed by atoms with Crippen LogP contribution in [0.4, 0.5) is 5.69 Å². The second-order valence-corrected chi connectivity index (χ2v) is 5.47. The molecule has 0 aliphatic carbocycles. The van der Waals surface area contributed by atoms with Crippen molar-refractivity contribution in [3.05, 3.63) is 39.6 Å². The zero-order valence-electron chi connectivity index (χ0n) is 10.6. The molecule has 0 amide bonds. The van der Waals surface area contributed by atoms with E-state index >= 15 is 0 Å². The van der Waals surface area contributed by atoms with Crippen LogP contribution < -0.4 is 5.32 Å². The fraction of sp³-hybridized carbons (Fsp3) is 0.385. The van der Waals surface area contributed by atoms with Gasteiger partial charge in [-0.05, 0) is 39.3 Å². The van der Waals surface area contributed by atoms with Crippen LogP contribution in [0.5, 0.6) is 0 Å². The van der Waals surface area contributed by atoms with Crippen LogP contribution in [0.2, 0.25) is 0 Å². The summed E-state index contributed by atoms with van der Waals surface area (Å²) in [7, 11) is 0. The van der Waals surface area contributed by atoms with E-state index in [4.69, 9.17) is 0 Å². The largest absolute Gasteiger partial charge is 0.377 e. The summed E-state index contributed by atoms with van der Waals surface area (Å²) in [5.74, 6) is 0. The number of hydrogen-bond acceptors (Lipinski definition) is 4. The van der Waals surface area contributed by atoms with Crippen molar-refractivity contribution in [2.75, 3.05) is 5.32 Å². The lowest BCUT2D eigenvalue weighted by Crippen LogP contribution is -2.07. The standard InChI is InChI=1S/C13H17N3S/c1-8-7-14-6-5-12(8)16-10(3)13-9(2)15-11(4)17-13/h5-7,10H,1-4H3,(H,14,16). The molecule has 4 heteroatoms. The average Bonchev–Trinajstić information content (AvgIpc) is 2.61. The molecule has 0 saturated heterocycles. The smallest absolute Gasteiger partial charge is 0.0900 e. The molecule has 90 valence electrons. The Kier molecular flexibility index (Phi) is 3.43. The number of anilines is 1. The molecule has 0 aliphatic rings. The number of rotatable bonds is 3. The maximum atomic E-state index is 4.46. The fourth-order valence-electron chi connectivity index (χ4n) is 1.88. The highest BCUT2D eigenvalue weighted by atomic mass is 32.1. The molecule has 2 aromatic heterocycles. The first-order valence-corrected chi connectivity index (χ1v) is 6.50. The second kappa shape index (κ2) is 4.84. The van der Waals surface area contributed by atoms with Crippen LogP contribution in [-0.4, -0.2) is 9.97 Å². The molecule has 0 spiro atoms. The normalized spacial score (nSPS) is 12.5. The van der Waals surface area contributed by atoms with Crippen molar-refractivity contribution in [2.45, 2.75) is 33.7 Å². The van der Waals surface area contributed by atoms with Crippen LogP contribution in [0.3, 0.4) is 0 Å². The third-order valence-corrected chi connectivity index (χ3v) is 3.98. The van der Waals surface area contributed by atoms with Gasteiger partial charge in [-0.25, -0.2) is 4.98 Å². The zero-order chi connectivity index (χ0) is 12.4. The van der Waals surface area contributed by atoms with Crippen LogP contribution in [0.25, 0.3) is 0 Å². The van der Waals surface area contributed by atoms with Crippen molar-refractivity contribution in [3.63, 3.8) is 0 Å². The van der Waals surface area contributed by atoms with Crippen molar-refractivity contribution in [3.8, 4) is 0 Å². The Labute approximate surface area is 106 Å². The Morgan fingerprint density at radius 2 is 2.06 bits per heavy atom. The summed E-state index contributed by atoms with van der Waals surface area (Å²) in [6.07, 6.45) is 3.69. The molecule has 2 heterocycles. The number of aryl methyl sites for hydroxylation is 3. The summed E-state index contributed by atoms with van der Waals surface area (Å²) >= 11 is 1.76. The van der Waals surface area contributed by atoms with Crippen molar-refractivity contribution in [1.82, 2.24) is 9.97 Å². The molecule has 0 aliphatic heterocycles. The van der Waals surface area contributed by atoms with E-state index in [1.54, 1.807) is 11.3 Å². The van der Waals surface area contributed by atoms with Gasteiger partial charge in [-0.2, -0.15) is 0 Å². The lowest BCUT2D eigenvalue weighted by Gasteiger charge is -2.15. The predicted molar refractivity (Wildman–Crippen MR) is 72.6 cm³/mol. The van der Waals surface area contributed by atoms with Crippen LogP contribution in [0, 0.1) is 20.8 Å². The SMILES string of the molecule is Cc1nc(C)c(C(C)Nc2ccncc2C)s1. The van der Waals surface area contributed by atoms with Gasteiger partial charge in [-0.1, -0.05) is 0 Å². The number of nitrogens with zero attached hydrogens (tertiary/aromatic N) is 2. The molecule has 0 radical (unpaired) electrons. The number of aromatic nitrogens is 2. The summed E-state index contributed by atoms with van der Waals surface area (Å²) in [6, 6.07) is 2.29. The molecule has 0 saturated carbocycles. The predicted octanol–water partition coefficient (Wildman–Crippen LogP) is 3.64. The van der Waals surface area contributed by atoms with Gasteiger partial charge in [0.25, 0.3) is 0 Å². The highest BCUT2D eigenvalue weighted by Gasteiger charge is 2.13. The molecule has 17 heavy (non-hydrogen) atoms. The quantitative estimate of drug-likeness (QED) is 0.900. The maximum absolute atomic E-state index is 4.46. The van der Waals surface area contributed by atoms with Crippen LogP contribution >= 0.6 is 11.3 Å². The molecule has 1 N–H and O–H groups in total. The molecule has 3 nitrogen and oxygen atoms in total. The third-order valence-electron chi connectivity index (χ3n) is 2.72. The Morgan fingerprint density at radius 3 is 2.65 bits per heavy atom. The van der Waals surface area contributed by atoms with E-state index in [1.165, 1.54) is 10.4 Å². The lowest BCUT2D eigenvalue weighted by molar-refractivity contribution is 0.886. The summed E-state index contributed by atoms with van der Waals surface area (Å²) in [6.45, 7) is 8.34. The van der Waals surface area contributed by atoms with E-state index in [-0.39, 0.29) is 6.04 Å². The van der Waals surface area contributed by atoms with Gasteiger partial charge in [0.05, 0.1) is 16.7 Å².